The number of aromatic nitrogens is 1. The first-order valence-electron chi connectivity index (χ1n) is 6.48. The van der Waals surface area contributed by atoms with E-state index in [0.717, 1.165) is 17.7 Å². The zero-order valence-electron chi connectivity index (χ0n) is 12.3. The summed E-state index contributed by atoms with van der Waals surface area (Å²) in [6.07, 6.45) is 2.90. The summed E-state index contributed by atoms with van der Waals surface area (Å²) in [5, 5.41) is 3.06. The van der Waals surface area contributed by atoms with Crippen molar-refractivity contribution in [1.82, 2.24) is 10.3 Å². The Morgan fingerprint density at radius 1 is 1.29 bits per heavy atom. The molecule has 21 heavy (non-hydrogen) atoms. The zero-order valence-corrected chi connectivity index (χ0v) is 13.1. The lowest BCUT2D eigenvalue weighted by molar-refractivity contribution is 0.456. The van der Waals surface area contributed by atoms with E-state index in [1.54, 1.807) is 24.4 Å². The minimum atomic E-state index is -3.25. The number of rotatable bonds is 5. The van der Waals surface area contributed by atoms with Gasteiger partial charge in [-0.2, -0.15) is 0 Å². The second kappa shape index (κ2) is 6.24. The van der Waals surface area contributed by atoms with E-state index in [2.05, 4.69) is 10.3 Å². The largest absolute Gasteiger partial charge is 0.439 e. The molecule has 1 N–H and O–H groups in total. The zero-order chi connectivity index (χ0) is 15.5. The van der Waals surface area contributed by atoms with Crippen LogP contribution in [0.2, 0.25) is 0 Å². The van der Waals surface area contributed by atoms with Crippen LogP contribution in [-0.4, -0.2) is 26.7 Å². The minimum Gasteiger partial charge on any atom is -0.439 e. The molecule has 0 saturated carbocycles. The number of sulfone groups is 1. The molecule has 5 nitrogen and oxygen atoms in total. The van der Waals surface area contributed by atoms with Crippen LogP contribution in [0.3, 0.4) is 0 Å². The number of aryl methyl sites for hydroxylation is 1. The van der Waals surface area contributed by atoms with Crippen molar-refractivity contribution in [1.29, 1.82) is 0 Å². The van der Waals surface area contributed by atoms with E-state index in [-0.39, 0.29) is 4.90 Å². The number of nitrogens with zero attached hydrogens (tertiary/aromatic N) is 1. The van der Waals surface area contributed by atoms with E-state index in [4.69, 9.17) is 4.74 Å². The van der Waals surface area contributed by atoms with Crippen LogP contribution in [0.5, 0.6) is 11.6 Å². The van der Waals surface area contributed by atoms with Crippen molar-refractivity contribution in [2.45, 2.75) is 18.4 Å². The van der Waals surface area contributed by atoms with E-state index in [1.165, 1.54) is 12.3 Å². The second-order valence-corrected chi connectivity index (χ2v) is 6.86. The molecule has 0 aliphatic heterocycles. The Labute approximate surface area is 124 Å². The normalized spacial score (nSPS) is 11.4. The predicted octanol–water partition coefficient (Wildman–Crippen LogP) is 2.31. The summed E-state index contributed by atoms with van der Waals surface area (Å²) >= 11 is 0. The Bertz CT molecular complexity index is 742. The molecular weight excluding hydrogens is 288 g/mol. The summed E-state index contributed by atoms with van der Waals surface area (Å²) < 4.78 is 28.8. The topological polar surface area (TPSA) is 68.3 Å². The van der Waals surface area contributed by atoms with Crippen LogP contribution in [0.25, 0.3) is 0 Å². The van der Waals surface area contributed by atoms with Crippen molar-refractivity contribution in [3.05, 3.63) is 47.7 Å². The van der Waals surface area contributed by atoms with Crippen LogP contribution in [0, 0.1) is 6.92 Å². The molecule has 0 fully saturated rings. The Morgan fingerprint density at radius 2 is 2.05 bits per heavy atom. The molecule has 0 aliphatic carbocycles. The van der Waals surface area contributed by atoms with Gasteiger partial charge >= 0.3 is 0 Å². The van der Waals surface area contributed by atoms with Crippen molar-refractivity contribution in [2.24, 2.45) is 0 Å². The van der Waals surface area contributed by atoms with Gasteiger partial charge in [-0.05, 0) is 43.8 Å². The fraction of sp³-hybridized carbons (Fsp3) is 0.267. The van der Waals surface area contributed by atoms with Crippen molar-refractivity contribution >= 4 is 9.84 Å². The molecule has 0 atom stereocenters. The first-order chi connectivity index (χ1) is 9.90. The first-order valence-corrected chi connectivity index (χ1v) is 8.37. The van der Waals surface area contributed by atoms with E-state index < -0.39 is 9.84 Å². The maximum absolute atomic E-state index is 11.5. The average molecular weight is 306 g/mol. The monoisotopic (exact) mass is 306 g/mol. The first kappa shape index (κ1) is 15.5. The van der Waals surface area contributed by atoms with Gasteiger partial charge in [-0.15, -0.1) is 0 Å². The van der Waals surface area contributed by atoms with Crippen LogP contribution in [0.15, 0.2) is 41.4 Å². The molecule has 0 bridgehead atoms. The summed E-state index contributed by atoms with van der Waals surface area (Å²) in [6, 6.07) is 8.38. The molecular formula is C15H18N2O3S. The van der Waals surface area contributed by atoms with Crippen molar-refractivity contribution in [3.63, 3.8) is 0 Å². The lowest BCUT2D eigenvalue weighted by Gasteiger charge is -2.10. The summed E-state index contributed by atoms with van der Waals surface area (Å²) in [5.41, 5.74) is 1.96. The van der Waals surface area contributed by atoms with E-state index in [1.807, 2.05) is 20.0 Å². The third kappa shape index (κ3) is 4.03. The smallest absolute Gasteiger partial charge is 0.222 e. The number of pyridine rings is 1. The average Bonchev–Trinajstić information content (AvgIpc) is 2.42. The van der Waals surface area contributed by atoms with Gasteiger partial charge in [0.25, 0.3) is 0 Å². The summed E-state index contributed by atoms with van der Waals surface area (Å²) in [5.74, 6) is 0.926. The van der Waals surface area contributed by atoms with Gasteiger partial charge < -0.3 is 10.1 Å². The van der Waals surface area contributed by atoms with E-state index in [9.17, 15) is 8.42 Å². The van der Waals surface area contributed by atoms with Crippen molar-refractivity contribution < 1.29 is 13.2 Å². The van der Waals surface area contributed by atoms with Crippen LogP contribution in [0.1, 0.15) is 11.1 Å². The minimum absolute atomic E-state index is 0.226. The fourth-order valence-electron chi connectivity index (χ4n) is 1.91. The Morgan fingerprint density at radius 3 is 2.67 bits per heavy atom. The maximum atomic E-state index is 11.5. The molecule has 0 radical (unpaired) electrons. The Kier molecular flexibility index (Phi) is 4.59. The molecule has 1 heterocycles. The summed E-state index contributed by atoms with van der Waals surface area (Å²) in [6.45, 7) is 2.64. The third-order valence-corrected chi connectivity index (χ3v) is 4.03. The lowest BCUT2D eigenvalue weighted by Crippen LogP contribution is -2.06. The van der Waals surface area contributed by atoms with Gasteiger partial charge in [0.15, 0.2) is 9.84 Å². The lowest BCUT2D eigenvalue weighted by atomic mass is 10.2. The van der Waals surface area contributed by atoms with Gasteiger partial charge in [-0.1, -0.05) is 6.07 Å². The molecule has 0 unspecified atom stereocenters. The Balaban J connectivity index is 2.26. The van der Waals surface area contributed by atoms with Gasteiger partial charge in [0.2, 0.25) is 5.88 Å². The fourth-order valence-corrected chi connectivity index (χ4v) is 2.56. The van der Waals surface area contributed by atoms with Gasteiger partial charge in [-0.25, -0.2) is 13.4 Å². The molecule has 0 spiro atoms. The van der Waals surface area contributed by atoms with Gasteiger partial charge in [0, 0.05) is 24.6 Å². The quantitative estimate of drug-likeness (QED) is 0.918. The molecule has 6 heteroatoms. The van der Waals surface area contributed by atoms with Crippen LogP contribution < -0.4 is 10.1 Å². The van der Waals surface area contributed by atoms with Gasteiger partial charge in [0.05, 0.1) is 4.90 Å². The highest BCUT2D eigenvalue weighted by molar-refractivity contribution is 7.90. The van der Waals surface area contributed by atoms with Crippen molar-refractivity contribution in [2.75, 3.05) is 13.3 Å². The molecule has 2 aromatic rings. The van der Waals surface area contributed by atoms with Crippen LogP contribution >= 0.6 is 0 Å². The highest BCUT2D eigenvalue weighted by Crippen LogP contribution is 2.25. The van der Waals surface area contributed by atoms with Gasteiger partial charge in [0.1, 0.15) is 5.75 Å². The number of nitrogens with one attached hydrogen (secondary N) is 1. The van der Waals surface area contributed by atoms with Crippen LogP contribution in [-0.2, 0) is 16.4 Å². The van der Waals surface area contributed by atoms with E-state index >= 15 is 0 Å². The number of hydrogen-bond acceptors (Lipinski definition) is 5. The molecule has 112 valence electrons. The Hall–Kier alpha value is -1.92. The SMILES string of the molecule is CNCc1cnc(Oc2cccc(S(C)(=O)=O)c2)c(C)c1. The maximum Gasteiger partial charge on any atom is 0.222 e. The highest BCUT2D eigenvalue weighted by atomic mass is 32.2. The number of ether oxygens (including phenoxy) is 1. The highest BCUT2D eigenvalue weighted by Gasteiger charge is 2.10. The second-order valence-electron chi connectivity index (χ2n) is 4.85. The molecule has 2 rings (SSSR count). The molecule has 1 aromatic heterocycles. The standard InChI is InChI=1S/C15H18N2O3S/c1-11-7-12(9-16-2)10-17-15(11)20-13-5-4-6-14(8-13)21(3,18)19/h4-8,10,16H,9H2,1-3H3. The van der Waals surface area contributed by atoms with Crippen molar-refractivity contribution in [3.8, 4) is 11.6 Å². The molecule has 0 amide bonds. The van der Waals surface area contributed by atoms with Gasteiger partial charge in [-0.3, -0.25) is 0 Å². The number of benzene rings is 1. The van der Waals surface area contributed by atoms with Crippen LogP contribution in [0.4, 0.5) is 0 Å². The predicted molar refractivity (Wildman–Crippen MR) is 81.4 cm³/mol. The third-order valence-electron chi connectivity index (χ3n) is 2.92. The van der Waals surface area contributed by atoms with E-state index in [0.29, 0.717) is 11.6 Å². The molecule has 1 aromatic carbocycles. The summed E-state index contributed by atoms with van der Waals surface area (Å²) in [7, 11) is -1.38. The number of hydrogen-bond donors (Lipinski definition) is 1. The molecule has 0 saturated heterocycles. The summed E-state index contributed by atoms with van der Waals surface area (Å²) in [4.78, 5) is 4.50. The molecule has 0 aliphatic rings.